The summed E-state index contributed by atoms with van der Waals surface area (Å²) in [4.78, 5) is 12.3. The number of nitrogens with zero attached hydrogens (tertiary/aromatic N) is 4. The van der Waals surface area contributed by atoms with Crippen LogP contribution in [0.3, 0.4) is 0 Å². The summed E-state index contributed by atoms with van der Waals surface area (Å²) in [6, 6.07) is 4.35. The van der Waals surface area contributed by atoms with E-state index in [4.69, 9.17) is 17.0 Å². The van der Waals surface area contributed by atoms with E-state index >= 15 is 0 Å². The molecule has 25 heavy (non-hydrogen) atoms. The van der Waals surface area contributed by atoms with Crippen LogP contribution in [0.15, 0.2) is 18.2 Å². The molecular weight excluding hydrogens is 342 g/mol. The molecule has 0 aliphatic carbocycles. The van der Waals surface area contributed by atoms with Crippen molar-refractivity contribution in [3.63, 3.8) is 0 Å². The van der Waals surface area contributed by atoms with Crippen LogP contribution in [0.2, 0.25) is 0 Å². The number of hydrogen-bond donors (Lipinski definition) is 1. The maximum absolute atomic E-state index is 10.9. The van der Waals surface area contributed by atoms with Crippen molar-refractivity contribution in [3.05, 3.63) is 45.3 Å². The molecule has 134 valence electrons. The third-order valence-corrected chi connectivity index (χ3v) is 4.45. The minimum atomic E-state index is -0.468. The Morgan fingerprint density at radius 1 is 1.48 bits per heavy atom. The molecule has 0 aliphatic heterocycles. The standard InChI is InChI=1S/C16H21N5O3S/c1-10-13(11(2)20(4)18-10)9-19(3)16(25)17-14-7-6-12(21(22)23)8-15(14)24-5/h6-8H,9H2,1-5H3,(H,17,25). The van der Waals surface area contributed by atoms with Crippen LogP contribution >= 0.6 is 12.2 Å². The topological polar surface area (TPSA) is 85.5 Å². The van der Waals surface area contributed by atoms with Crippen LogP contribution in [0, 0.1) is 24.0 Å². The molecule has 1 aromatic carbocycles. The Bertz CT molecular complexity index is 818. The van der Waals surface area contributed by atoms with Gasteiger partial charge in [-0.2, -0.15) is 5.10 Å². The molecule has 8 nitrogen and oxygen atoms in total. The molecule has 0 atom stereocenters. The van der Waals surface area contributed by atoms with Crippen molar-refractivity contribution in [1.82, 2.24) is 14.7 Å². The molecule has 0 amide bonds. The first kappa shape index (κ1) is 18.7. The highest BCUT2D eigenvalue weighted by atomic mass is 32.1. The fraction of sp³-hybridized carbons (Fsp3) is 0.375. The number of methoxy groups -OCH3 is 1. The van der Waals surface area contributed by atoms with Crippen molar-refractivity contribution < 1.29 is 9.66 Å². The first-order valence-corrected chi connectivity index (χ1v) is 7.99. The third kappa shape index (κ3) is 4.05. The number of thiocarbonyl (C=S) groups is 1. The van der Waals surface area contributed by atoms with Gasteiger partial charge in [0.1, 0.15) is 5.75 Å². The van der Waals surface area contributed by atoms with Crippen LogP contribution in [-0.2, 0) is 13.6 Å². The van der Waals surface area contributed by atoms with E-state index in [1.54, 1.807) is 6.07 Å². The monoisotopic (exact) mass is 363 g/mol. The van der Waals surface area contributed by atoms with Crippen LogP contribution in [0.25, 0.3) is 0 Å². The summed E-state index contributed by atoms with van der Waals surface area (Å²) >= 11 is 5.44. The fourth-order valence-electron chi connectivity index (χ4n) is 2.46. The van der Waals surface area contributed by atoms with Crippen molar-refractivity contribution in [2.24, 2.45) is 7.05 Å². The Kier molecular flexibility index (Phi) is 5.58. The lowest BCUT2D eigenvalue weighted by molar-refractivity contribution is -0.384. The quantitative estimate of drug-likeness (QED) is 0.497. The van der Waals surface area contributed by atoms with Gasteiger partial charge < -0.3 is 15.0 Å². The van der Waals surface area contributed by atoms with Gasteiger partial charge in [0.05, 0.1) is 29.5 Å². The van der Waals surface area contributed by atoms with Gasteiger partial charge in [0.25, 0.3) is 5.69 Å². The average molecular weight is 363 g/mol. The van der Waals surface area contributed by atoms with Crippen molar-refractivity contribution >= 4 is 28.7 Å². The molecule has 1 aromatic heterocycles. The zero-order valence-electron chi connectivity index (χ0n) is 14.9. The number of non-ortho nitro benzene ring substituents is 1. The normalized spacial score (nSPS) is 10.4. The molecule has 2 rings (SSSR count). The second-order valence-corrected chi connectivity index (χ2v) is 6.09. The number of rotatable bonds is 5. The molecular formula is C16H21N5O3S. The van der Waals surface area contributed by atoms with Gasteiger partial charge in [0, 0.05) is 38.0 Å². The van der Waals surface area contributed by atoms with Crippen molar-refractivity contribution in [2.75, 3.05) is 19.5 Å². The first-order valence-electron chi connectivity index (χ1n) is 7.58. The predicted molar refractivity (Wildman–Crippen MR) is 100 cm³/mol. The Balaban J connectivity index is 2.14. The largest absolute Gasteiger partial charge is 0.494 e. The summed E-state index contributed by atoms with van der Waals surface area (Å²) in [5, 5.41) is 18.8. The lowest BCUT2D eigenvalue weighted by Gasteiger charge is -2.22. The molecule has 0 aliphatic rings. The molecule has 9 heteroatoms. The summed E-state index contributed by atoms with van der Waals surface area (Å²) in [6.45, 7) is 4.58. The van der Waals surface area contributed by atoms with E-state index in [1.807, 2.05) is 37.5 Å². The highest BCUT2D eigenvalue weighted by Crippen LogP contribution is 2.29. The zero-order valence-corrected chi connectivity index (χ0v) is 15.7. The number of aryl methyl sites for hydroxylation is 2. The summed E-state index contributed by atoms with van der Waals surface area (Å²) in [5.41, 5.74) is 3.69. The van der Waals surface area contributed by atoms with Crippen LogP contribution in [0.5, 0.6) is 5.75 Å². The second kappa shape index (κ2) is 7.47. The molecule has 0 saturated heterocycles. The van der Waals surface area contributed by atoms with Crippen molar-refractivity contribution in [3.8, 4) is 5.75 Å². The van der Waals surface area contributed by atoms with E-state index in [0.29, 0.717) is 23.1 Å². The Labute approximate surface area is 151 Å². The number of nitro benzene ring substituents is 1. The minimum absolute atomic E-state index is 0.0386. The lowest BCUT2D eigenvalue weighted by atomic mass is 10.2. The molecule has 0 spiro atoms. The Morgan fingerprint density at radius 3 is 2.68 bits per heavy atom. The predicted octanol–water partition coefficient (Wildman–Crippen LogP) is 2.78. The maximum atomic E-state index is 10.9. The molecule has 1 heterocycles. The van der Waals surface area contributed by atoms with E-state index in [9.17, 15) is 10.1 Å². The summed E-state index contributed by atoms with van der Waals surface area (Å²) in [7, 11) is 5.24. The van der Waals surface area contributed by atoms with Gasteiger partial charge in [0.2, 0.25) is 0 Å². The molecule has 0 fully saturated rings. The number of hydrogen-bond acceptors (Lipinski definition) is 5. The smallest absolute Gasteiger partial charge is 0.273 e. The number of nitrogens with one attached hydrogen (secondary N) is 1. The van der Waals surface area contributed by atoms with E-state index in [0.717, 1.165) is 17.0 Å². The average Bonchev–Trinajstić information content (AvgIpc) is 2.81. The number of ether oxygens (including phenoxy) is 1. The number of benzene rings is 1. The van der Waals surface area contributed by atoms with Gasteiger partial charge in [-0.05, 0) is 32.1 Å². The molecule has 1 N–H and O–H groups in total. The van der Waals surface area contributed by atoms with Crippen LogP contribution in [-0.4, -0.2) is 38.9 Å². The van der Waals surface area contributed by atoms with Gasteiger partial charge in [0.15, 0.2) is 5.11 Å². The fourth-order valence-corrected chi connectivity index (χ4v) is 2.64. The Hall–Kier alpha value is -2.68. The van der Waals surface area contributed by atoms with Gasteiger partial charge in [-0.15, -0.1) is 0 Å². The lowest BCUT2D eigenvalue weighted by Crippen LogP contribution is -2.31. The van der Waals surface area contributed by atoms with E-state index < -0.39 is 4.92 Å². The molecule has 0 radical (unpaired) electrons. The first-order chi connectivity index (χ1) is 11.7. The van der Waals surface area contributed by atoms with Gasteiger partial charge in [-0.1, -0.05) is 0 Å². The zero-order chi connectivity index (χ0) is 18.7. The maximum Gasteiger partial charge on any atom is 0.273 e. The van der Waals surface area contributed by atoms with Crippen LogP contribution in [0.4, 0.5) is 11.4 Å². The number of anilines is 1. The summed E-state index contributed by atoms with van der Waals surface area (Å²) in [6.07, 6.45) is 0. The number of nitro groups is 1. The molecule has 2 aromatic rings. The molecule has 0 bridgehead atoms. The summed E-state index contributed by atoms with van der Waals surface area (Å²) in [5.74, 6) is 0.360. The SMILES string of the molecule is COc1cc([N+](=O)[O-])ccc1NC(=S)N(C)Cc1c(C)nn(C)c1C. The van der Waals surface area contributed by atoms with Crippen molar-refractivity contribution in [1.29, 1.82) is 0 Å². The molecule has 0 unspecified atom stereocenters. The number of aromatic nitrogens is 2. The van der Waals surface area contributed by atoms with Gasteiger partial charge in [-0.3, -0.25) is 14.8 Å². The van der Waals surface area contributed by atoms with E-state index in [2.05, 4.69) is 10.4 Å². The van der Waals surface area contributed by atoms with Crippen LogP contribution < -0.4 is 10.1 Å². The minimum Gasteiger partial charge on any atom is -0.494 e. The van der Waals surface area contributed by atoms with Crippen molar-refractivity contribution in [2.45, 2.75) is 20.4 Å². The Morgan fingerprint density at radius 2 is 2.16 bits per heavy atom. The highest BCUT2D eigenvalue weighted by molar-refractivity contribution is 7.80. The van der Waals surface area contributed by atoms with Gasteiger partial charge >= 0.3 is 0 Å². The third-order valence-electron chi connectivity index (χ3n) is 4.04. The highest BCUT2D eigenvalue weighted by Gasteiger charge is 2.16. The van der Waals surface area contributed by atoms with Crippen LogP contribution in [0.1, 0.15) is 17.0 Å². The molecule has 0 saturated carbocycles. The van der Waals surface area contributed by atoms with E-state index in [1.165, 1.54) is 19.2 Å². The summed E-state index contributed by atoms with van der Waals surface area (Å²) < 4.78 is 7.06. The van der Waals surface area contributed by atoms with Gasteiger partial charge in [-0.25, -0.2) is 0 Å². The van der Waals surface area contributed by atoms with E-state index in [-0.39, 0.29) is 5.69 Å². The second-order valence-electron chi connectivity index (χ2n) is 5.70.